The summed E-state index contributed by atoms with van der Waals surface area (Å²) in [7, 11) is 4.39. The number of methoxy groups -OCH3 is 3. The number of piperidine rings is 1. The quantitative estimate of drug-likeness (QED) is 0.299. The van der Waals surface area contributed by atoms with Crippen LogP contribution in [0.5, 0.6) is 11.5 Å². The average molecular weight is 673 g/mol. The van der Waals surface area contributed by atoms with Crippen LogP contribution in [0.2, 0.25) is 0 Å². The minimum atomic E-state index is -4.52. The van der Waals surface area contributed by atoms with Crippen LogP contribution in [-0.4, -0.2) is 62.8 Å². The van der Waals surface area contributed by atoms with Crippen LogP contribution in [0.1, 0.15) is 62.1 Å². The highest BCUT2D eigenvalue weighted by molar-refractivity contribution is 5.92. The number of carbonyl (C=O) groups is 3. The zero-order valence-electron chi connectivity index (χ0n) is 27.7. The Balaban J connectivity index is 1.44. The zero-order valence-corrected chi connectivity index (χ0v) is 27.7. The molecule has 2 fully saturated rings. The van der Waals surface area contributed by atoms with Gasteiger partial charge < -0.3 is 29.2 Å². The van der Waals surface area contributed by atoms with E-state index in [1.807, 2.05) is 25.1 Å². The first-order valence-corrected chi connectivity index (χ1v) is 16.3. The number of esters is 1. The number of amides is 2. The fourth-order valence-electron chi connectivity index (χ4n) is 7.41. The summed E-state index contributed by atoms with van der Waals surface area (Å²) in [6.45, 7) is 1.88. The number of nitrogens with zero attached hydrogens (tertiary/aromatic N) is 1. The fraction of sp³-hybridized carbons (Fsp3) is 0.528. The summed E-state index contributed by atoms with van der Waals surface area (Å²) in [5.74, 6) is -0.930. The Labute approximate surface area is 278 Å². The van der Waals surface area contributed by atoms with Crippen molar-refractivity contribution in [2.45, 2.75) is 76.8 Å². The van der Waals surface area contributed by atoms with E-state index in [9.17, 15) is 27.6 Å². The third kappa shape index (κ3) is 7.18. The molecule has 4 atom stereocenters. The van der Waals surface area contributed by atoms with Crippen molar-refractivity contribution in [3.8, 4) is 11.5 Å². The largest absolute Gasteiger partial charge is 0.493 e. The van der Waals surface area contributed by atoms with E-state index < -0.39 is 41.1 Å². The van der Waals surface area contributed by atoms with Gasteiger partial charge in [-0.15, -0.1) is 0 Å². The molecule has 2 amide bonds. The highest BCUT2D eigenvalue weighted by atomic mass is 19.4. The molecule has 260 valence electrons. The lowest BCUT2D eigenvalue weighted by molar-refractivity contribution is -0.177. The van der Waals surface area contributed by atoms with E-state index in [0.29, 0.717) is 23.6 Å². The minimum absolute atomic E-state index is 0.00721. The maximum atomic E-state index is 14.3. The molecule has 1 saturated heterocycles. The number of likely N-dealkylation sites (tertiary alicyclic amines) is 1. The second-order valence-electron chi connectivity index (χ2n) is 12.8. The summed E-state index contributed by atoms with van der Waals surface area (Å²) in [5.41, 5.74) is -0.479. The first-order valence-electron chi connectivity index (χ1n) is 16.3. The number of hydrogen-bond donors (Lipinski definition) is 1. The molecule has 1 aliphatic carbocycles. The molecule has 2 aromatic rings. The zero-order chi connectivity index (χ0) is 34.6. The van der Waals surface area contributed by atoms with E-state index >= 15 is 0 Å². The molecule has 0 spiro atoms. The van der Waals surface area contributed by atoms with E-state index in [-0.39, 0.29) is 49.4 Å². The Hall–Kier alpha value is -4.06. The number of ether oxygens (including phenoxy) is 4. The first kappa shape index (κ1) is 35.3. The Morgan fingerprint density at radius 1 is 1.02 bits per heavy atom. The van der Waals surface area contributed by atoms with Crippen LogP contribution in [-0.2, 0) is 43.0 Å². The molecule has 0 bridgehead atoms. The average Bonchev–Trinajstić information content (AvgIpc) is 3.62. The molecule has 48 heavy (non-hydrogen) atoms. The van der Waals surface area contributed by atoms with Gasteiger partial charge in [0.25, 0.3) is 0 Å². The van der Waals surface area contributed by atoms with E-state index in [4.69, 9.17) is 18.9 Å². The molecular formula is C36H43F3N2O7. The van der Waals surface area contributed by atoms with Crippen molar-refractivity contribution < 1.29 is 46.5 Å². The third-order valence-electron chi connectivity index (χ3n) is 9.97. The summed E-state index contributed by atoms with van der Waals surface area (Å²) < 4.78 is 62.4. The lowest BCUT2D eigenvalue weighted by Gasteiger charge is -2.52. The molecule has 1 N–H and O–H groups in total. The van der Waals surface area contributed by atoms with Crippen LogP contribution in [0.4, 0.5) is 13.2 Å². The van der Waals surface area contributed by atoms with Crippen molar-refractivity contribution >= 4 is 17.8 Å². The highest BCUT2D eigenvalue weighted by Gasteiger charge is 2.60. The van der Waals surface area contributed by atoms with Crippen LogP contribution < -0.4 is 14.8 Å². The molecule has 9 nitrogen and oxygen atoms in total. The number of fused-ring (bicyclic) bond motifs is 1. The molecule has 0 aromatic heterocycles. The molecule has 2 aliphatic heterocycles. The molecule has 2 aromatic carbocycles. The van der Waals surface area contributed by atoms with Crippen molar-refractivity contribution in [3.05, 3.63) is 70.9 Å². The number of nitrogens with one attached hydrogen (secondary N) is 1. The smallest absolute Gasteiger partial charge is 0.416 e. The van der Waals surface area contributed by atoms with Gasteiger partial charge in [0.2, 0.25) is 11.8 Å². The normalized spacial score (nSPS) is 24.5. The maximum absolute atomic E-state index is 14.3. The number of benzene rings is 2. The second kappa shape index (κ2) is 14.6. The van der Waals surface area contributed by atoms with Crippen molar-refractivity contribution in [2.75, 3.05) is 27.9 Å². The molecule has 2 heterocycles. The number of hydrogen-bond acceptors (Lipinski definition) is 7. The van der Waals surface area contributed by atoms with Crippen LogP contribution in [0.25, 0.3) is 0 Å². The summed E-state index contributed by atoms with van der Waals surface area (Å²) in [4.78, 5) is 43.0. The Kier molecular flexibility index (Phi) is 10.7. The van der Waals surface area contributed by atoms with Crippen LogP contribution in [0.3, 0.4) is 0 Å². The van der Waals surface area contributed by atoms with E-state index in [0.717, 1.165) is 43.4 Å². The van der Waals surface area contributed by atoms with Gasteiger partial charge in [0.15, 0.2) is 11.5 Å². The number of halogens is 3. The molecule has 0 unspecified atom stereocenters. The van der Waals surface area contributed by atoms with E-state index in [2.05, 4.69) is 5.32 Å². The first-order chi connectivity index (χ1) is 22.9. The predicted octanol–water partition coefficient (Wildman–Crippen LogP) is 5.84. The van der Waals surface area contributed by atoms with Crippen molar-refractivity contribution in [1.82, 2.24) is 10.2 Å². The second-order valence-corrected chi connectivity index (χ2v) is 12.8. The monoisotopic (exact) mass is 672 g/mol. The third-order valence-corrected chi connectivity index (χ3v) is 9.97. The van der Waals surface area contributed by atoms with Gasteiger partial charge in [-0.3, -0.25) is 14.4 Å². The van der Waals surface area contributed by atoms with Gasteiger partial charge >= 0.3 is 12.1 Å². The van der Waals surface area contributed by atoms with Gasteiger partial charge in [0, 0.05) is 31.1 Å². The molecular weight excluding hydrogens is 629 g/mol. The summed E-state index contributed by atoms with van der Waals surface area (Å²) >= 11 is 0. The van der Waals surface area contributed by atoms with Crippen molar-refractivity contribution in [3.63, 3.8) is 0 Å². The Morgan fingerprint density at radius 2 is 1.75 bits per heavy atom. The van der Waals surface area contributed by atoms with Gasteiger partial charge in [-0.05, 0) is 80.0 Å². The van der Waals surface area contributed by atoms with E-state index in [1.54, 1.807) is 25.2 Å². The van der Waals surface area contributed by atoms with Gasteiger partial charge in [-0.2, -0.15) is 13.2 Å². The number of alkyl halides is 3. The van der Waals surface area contributed by atoms with Crippen LogP contribution >= 0.6 is 0 Å². The topological polar surface area (TPSA) is 103 Å². The van der Waals surface area contributed by atoms with Crippen LogP contribution in [0, 0.1) is 17.3 Å². The Morgan fingerprint density at radius 3 is 2.42 bits per heavy atom. The standard InChI is InChI=1S/C36H43F3N2O7/c1-22-35(34(44)47-4)20-26(18-32(42)40-21-24-8-7-11-27(16-24)36(37,38)39)33(43)41(31(35)19-29(48-22)25-9-5-6-10-25)15-14-23-12-13-28(45-2)30(17-23)46-3/h7-8,11-13,16-17,19,22,25-26,29H,5-6,9-10,14-15,18,20-21H2,1-4H3,(H,40,42)/t22-,26+,29-,35+/m1/s1. The molecule has 1 saturated carbocycles. The molecule has 12 heteroatoms. The highest BCUT2D eigenvalue weighted by Crippen LogP contribution is 2.52. The lowest BCUT2D eigenvalue weighted by atomic mass is 9.66. The number of rotatable bonds is 11. The van der Waals surface area contributed by atoms with Gasteiger partial charge in [-0.25, -0.2) is 0 Å². The van der Waals surface area contributed by atoms with Gasteiger partial charge in [-0.1, -0.05) is 31.0 Å². The van der Waals surface area contributed by atoms with Crippen LogP contribution in [0.15, 0.2) is 54.2 Å². The minimum Gasteiger partial charge on any atom is -0.493 e. The number of carbonyl (C=O) groups excluding carboxylic acids is 3. The summed E-state index contributed by atoms with van der Waals surface area (Å²) in [6.07, 6.45) is 0.763. The fourth-order valence-corrected chi connectivity index (χ4v) is 7.41. The lowest BCUT2D eigenvalue weighted by Crippen LogP contribution is -2.61. The van der Waals surface area contributed by atoms with Crippen molar-refractivity contribution in [2.24, 2.45) is 17.3 Å². The Bertz CT molecular complexity index is 1540. The summed E-state index contributed by atoms with van der Waals surface area (Å²) in [5, 5.41) is 2.66. The predicted molar refractivity (Wildman–Crippen MR) is 170 cm³/mol. The molecule has 5 rings (SSSR count). The molecule has 3 aliphatic rings. The van der Waals surface area contributed by atoms with Gasteiger partial charge in [0.1, 0.15) is 5.41 Å². The van der Waals surface area contributed by atoms with Crippen molar-refractivity contribution in [1.29, 1.82) is 0 Å². The maximum Gasteiger partial charge on any atom is 0.416 e. The SMILES string of the molecule is COC(=O)[C@]12C[C@H](CC(=O)NCc3cccc(C(F)(F)F)c3)C(=O)N(CCc3ccc(OC)c(OC)c3)C1=C[C@H](C1CCCC1)O[C@@H]2C. The van der Waals surface area contributed by atoms with E-state index in [1.165, 1.54) is 19.2 Å². The summed E-state index contributed by atoms with van der Waals surface area (Å²) in [6, 6.07) is 10.2. The molecule has 0 radical (unpaired) electrons. The van der Waals surface area contributed by atoms with Gasteiger partial charge in [0.05, 0.1) is 39.1 Å².